The minimum absolute atomic E-state index is 0.0759. The number of piperazine rings is 1. The molecule has 0 aliphatic carbocycles. The van der Waals surface area contributed by atoms with Crippen LogP contribution in [-0.2, 0) is 6.54 Å². The molecule has 184 valence electrons. The van der Waals surface area contributed by atoms with E-state index in [9.17, 15) is 9.59 Å². The number of thiophene rings is 1. The molecule has 36 heavy (non-hydrogen) atoms. The number of rotatable bonds is 5. The van der Waals surface area contributed by atoms with E-state index >= 15 is 0 Å². The summed E-state index contributed by atoms with van der Waals surface area (Å²) < 4.78 is 18.5. The molecule has 0 spiro atoms. The number of hydrogen-bond acceptors (Lipinski definition) is 9. The predicted octanol–water partition coefficient (Wildman–Crippen LogP) is 3.03. The molecule has 1 fully saturated rings. The summed E-state index contributed by atoms with van der Waals surface area (Å²) in [5, 5.41) is 8.14. The second-order valence-electron chi connectivity index (χ2n) is 8.59. The van der Waals surface area contributed by atoms with Crippen LogP contribution in [0.15, 0.2) is 57.3 Å². The molecular formula is C26H24N4O5S. The molecule has 2 aliphatic heterocycles. The van der Waals surface area contributed by atoms with Gasteiger partial charge in [0.2, 0.25) is 5.43 Å². The molecule has 0 radical (unpaired) electrons. The standard InChI is InChI=1S/C26H24N4O5S/c31-20-12-22(30-6-4-27-5-7-30)35-24-19(15-36-25(20)24)17-10-18(23-21(11-17)33-8-9-34-23)26(32)29-14-16-2-1-3-28-13-16/h1-3,10-13,15,27H,4-9,14H2,(H,29,32). The van der Waals surface area contributed by atoms with Gasteiger partial charge in [0.15, 0.2) is 23.0 Å². The van der Waals surface area contributed by atoms with Crippen LogP contribution in [0.5, 0.6) is 11.5 Å². The van der Waals surface area contributed by atoms with E-state index in [0.717, 1.165) is 42.9 Å². The number of nitrogens with one attached hydrogen (secondary N) is 2. The van der Waals surface area contributed by atoms with E-state index in [-0.39, 0.29) is 11.3 Å². The molecule has 10 heteroatoms. The van der Waals surface area contributed by atoms with Crippen LogP contribution in [0.4, 0.5) is 5.88 Å². The van der Waals surface area contributed by atoms with Crippen molar-refractivity contribution in [2.24, 2.45) is 0 Å². The summed E-state index contributed by atoms with van der Waals surface area (Å²) in [4.78, 5) is 32.3. The summed E-state index contributed by atoms with van der Waals surface area (Å²) in [6, 6.07) is 8.89. The zero-order valence-corrected chi connectivity index (χ0v) is 20.2. The minimum atomic E-state index is -0.287. The topological polar surface area (TPSA) is 106 Å². The van der Waals surface area contributed by atoms with Crippen LogP contribution in [0.1, 0.15) is 15.9 Å². The zero-order valence-electron chi connectivity index (χ0n) is 19.4. The summed E-state index contributed by atoms with van der Waals surface area (Å²) in [7, 11) is 0. The zero-order chi connectivity index (χ0) is 24.5. The average molecular weight is 505 g/mol. The lowest BCUT2D eigenvalue weighted by atomic mass is 10.0. The number of amides is 1. The van der Waals surface area contributed by atoms with Crippen LogP contribution in [0.3, 0.4) is 0 Å². The normalized spacial score (nSPS) is 15.2. The molecule has 9 nitrogen and oxygen atoms in total. The molecule has 0 atom stereocenters. The molecule has 1 amide bonds. The molecule has 2 aliphatic rings. The van der Waals surface area contributed by atoms with Crippen molar-refractivity contribution < 1.29 is 18.7 Å². The largest absolute Gasteiger partial charge is 0.486 e. The first kappa shape index (κ1) is 22.6. The van der Waals surface area contributed by atoms with Gasteiger partial charge in [-0.05, 0) is 29.3 Å². The number of anilines is 1. The van der Waals surface area contributed by atoms with Gasteiger partial charge in [0.05, 0.1) is 5.56 Å². The maximum absolute atomic E-state index is 13.2. The van der Waals surface area contributed by atoms with Crippen molar-refractivity contribution in [3.63, 3.8) is 0 Å². The predicted molar refractivity (Wildman–Crippen MR) is 137 cm³/mol. The van der Waals surface area contributed by atoms with Crippen molar-refractivity contribution in [1.29, 1.82) is 0 Å². The first-order valence-electron chi connectivity index (χ1n) is 11.8. The molecule has 2 N–H and O–H groups in total. The SMILES string of the molecule is O=C(NCc1cccnc1)c1cc(-c2csc3c(=O)cc(N4CCNCC4)oc23)cc2c1OCCO2. The van der Waals surface area contributed by atoms with Crippen LogP contribution >= 0.6 is 11.3 Å². The number of hydrogen-bond donors (Lipinski definition) is 2. The Morgan fingerprint density at radius 1 is 1.17 bits per heavy atom. The van der Waals surface area contributed by atoms with Gasteiger partial charge in [-0.25, -0.2) is 0 Å². The lowest BCUT2D eigenvalue weighted by molar-refractivity contribution is 0.0940. The van der Waals surface area contributed by atoms with Crippen molar-refractivity contribution in [2.75, 3.05) is 44.3 Å². The Hall–Kier alpha value is -3.89. The van der Waals surface area contributed by atoms with Gasteiger partial charge in [0, 0.05) is 62.1 Å². The van der Waals surface area contributed by atoms with E-state index in [0.29, 0.717) is 53.0 Å². The van der Waals surface area contributed by atoms with Gasteiger partial charge in [0.1, 0.15) is 17.9 Å². The second-order valence-corrected chi connectivity index (χ2v) is 9.47. The van der Waals surface area contributed by atoms with Crippen LogP contribution in [-0.4, -0.2) is 50.3 Å². The maximum Gasteiger partial charge on any atom is 0.255 e. The molecular weight excluding hydrogens is 480 g/mol. The van der Waals surface area contributed by atoms with E-state index < -0.39 is 0 Å². The third-order valence-electron chi connectivity index (χ3n) is 6.23. The average Bonchev–Trinajstić information content (AvgIpc) is 3.37. The highest BCUT2D eigenvalue weighted by Crippen LogP contribution is 2.42. The number of carbonyl (C=O) groups excluding carboxylic acids is 1. The highest BCUT2D eigenvalue weighted by molar-refractivity contribution is 7.17. The van der Waals surface area contributed by atoms with Crippen LogP contribution in [0.25, 0.3) is 21.4 Å². The van der Waals surface area contributed by atoms with E-state index in [4.69, 9.17) is 13.9 Å². The molecule has 3 aromatic heterocycles. The van der Waals surface area contributed by atoms with Crippen LogP contribution < -0.4 is 30.4 Å². The van der Waals surface area contributed by atoms with Gasteiger partial charge in [0.25, 0.3) is 5.91 Å². The smallest absolute Gasteiger partial charge is 0.255 e. The first-order valence-corrected chi connectivity index (χ1v) is 12.7. The van der Waals surface area contributed by atoms with E-state index in [1.165, 1.54) is 11.3 Å². The molecule has 4 aromatic rings. The Morgan fingerprint density at radius 3 is 2.86 bits per heavy atom. The fourth-order valence-electron chi connectivity index (χ4n) is 4.43. The third kappa shape index (κ3) is 4.29. The molecule has 0 bridgehead atoms. The molecule has 1 saturated heterocycles. The molecule has 5 heterocycles. The molecule has 6 rings (SSSR count). The van der Waals surface area contributed by atoms with Crippen molar-refractivity contribution in [2.45, 2.75) is 6.54 Å². The highest BCUT2D eigenvalue weighted by Gasteiger charge is 2.25. The Labute approximate surface area is 210 Å². The number of aromatic nitrogens is 1. The van der Waals surface area contributed by atoms with Crippen molar-refractivity contribution in [3.05, 3.63) is 69.5 Å². The summed E-state index contributed by atoms with van der Waals surface area (Å²) in [6.07, 6.45) is 3.40. The van der Waals surface area contributed by atoms with Gasteiger partial charge in [-0.1, -0.05) is 6.07 Å². The number of benzene rings is 1. The Morgan fingerprint density at radius 2 is 2.03 bits per heavy atom. The molecule has 0 unspecified atom stereocenters. The summed E-state index contributed by atoms with van der Waals surface area (Å²) in [6.45, 7) is 4.27. The fourth-order valence-corrected chi connectivity index (χ4v) is 5.34. The molecule has 1 aromatic carbocycles. The Balaban J connectivity index is 1.40. The number of nitrogens with zero attached hydrogens (tertiary/aromatic N) is 2. The van der Waals surface area contributed by atoms with Gasteiger partial charge in [-0.15, -0.1) is 11.3 Å². The van der Waals surface area contributed by atoms with Crippen molar-refractivity contribution in [3.8, 4) is 22.6 Å². The number of carbonyl (C=O) groups is 1. The van der Waals surface area contributed by atoms with Gasteiger partial charge in [-0.3, -0.25) is 14.6 Å². The number of fused-ring (bicyclic) bond motifs is 2. The summed E-state index contributed by atoms with van der Waals surface area (Å²) in [5.74, 6) is 1.17. The van der Waals surface area contributed by atoms with E-state index in [1.54, 1.807) is 24.5 Å². The lowest BCUT2D eigenvalue weighted by Gasteiger charge is -2.27. The first-order chi connectivity index (χ1) is 17.7. The second kappa shape index (κ2) is 9.63. The Kier molecular flexibility index (Phi) is 6.04. The summed E-state index contributed by atoms with van der Waals surface area (Å²) in [5.41, 5.74) is 3.15. The number of ether oxygens (including phenoxy) is 2. The fraction of sp³-hybridized carbons (Fsp3) is 0.269. The van der Waals surface area contributed by atoms with Gasteiger partial charge in [-0.2, -0.15) is 0 Å². The maximum atomic E-state index is 13.2. The van der Waals surface area contributed by atoms with Crippen molar-refractivity contribution >= 4 is 33.4 Å². The number of pyridine rings is 1. The van der Waals surface area contributed by atoms with Gasteiger partial charge >= 0.3 is 0 Å². The Bertz CT molecular complexity index is 1480. The lowest BCUT2D eigenvalue weighted by Crippen LogP contribution is -2.43. The quantitative estimate of drug-likeness (QED) is 0.427. The highest BCUT2D eigenvalue weighted by atomic mass is 32.1. The summed E-state index contributed by atoms with van der Waals surface area (Å²) >= 11 is 1.33. The minimum Gasteiger partial charge on any atom is -0.486 e. The van der Waals surface area contributed by atoms with Gasteiger partial charge < -0.3 is 29.4 Å². The third-order valence-corrected chi connectivity index (χ3v) is 7.21. The monoisotopic (exact) mass is 504 g/mol. The van der Waals surface area contributed by atoms with Crippen LogP contribution in [0, 0.1) is 0 Å². The van der Waals surface area contributed by atoms with E-state index in [2.05, 4.69) is 20.5 Å². The molecule has 0 saturated carbocycles. The van der Waals surface area contributed by atoms with Crippen molar-refractivity contribution in [1.82, 2.24) is 15.6 Å². The van der Waals surface area contributed by atoms with E-state index in [1.807, 2.05) is 23.6 Å². The van der Waals surface area contributed by atoms with Crippen LogP contribution in [0.2, 0.25) is 0 Å².